The van der Waals surface area contributed by atoms with Crippen LogP contribution in [0, 0.1) is 0 Å². The van der Waals surface area contributed by atoms with Crippen molar-refractivity contribution in [2.75, 3.05) is 6.61 Å². The van der Waals surface area contributed by atoms with Crippen molar-refractivity contribution >= 4 is 5.78 Å². The van der Waals surface area contributed by atoms with Crippen LogP contribution in [0.15, 0.2) is 24.3 Å². The van der Waals surface area contributed by atoms with Crippen LogP contribution in [-0.2, 0) is 14.4 Å². The Bertz CT molecular complexity index is 445. The highest BCUT2D eigenvalue weighted by atomic mass is 16.8. The van der Waals surface area contributed by atoms with Crippen LogP contribution in [0.2, 0.25) is 0 Å². The summed E-state index contributed by atoms with van der Waals surface area (Å²) in [6.07, 6.45) is 10.6. The van der Waals surface area contributed by atoms with Crippen molar-refractivity contribution in [1.29, 1.82) is 0 Å². The van der Waals surface area contributed by atoms with Crippen molar-refractivity contribution in [2.45, 2.75) is 70.7 Å². The van der Waals surface area contributed by atoms with Gasteiger partial charge in [-0.1, -0.05) is 25.2 Å². The SMILES string of the molecule is CCOC1(ON2C(C)CC(=O)CC2(C)CC)C=CC=CC1. The normalized spacial score (nSPS) is 37.1. The van der Waals surface area contributed by atoms with Gasteiger partial charge >= 0.3 is 0 Å². The molecule has 0 bridgehead atoms. The Kier molecular flexibility index (Phi) is 5.02. The van der Waals surface area contributed by atoms with Crippen LogP contribution in [-0.4, -0.2) is 34.8 Å². The van der Waals surface area contributed by atoms with E-state index in [1.54, 1.807) is 0 Å². The molecular formula is C17H27NO3. The quantitative estimate of drug-likeness (QED) is 0.728. The number of Topliss-reactive ketones (excluding diaryl/α,β-unsaturated/α-hetero) is 1. The standard InChI is InChI=1S/C17H27NO3/c1-5-16(4)13-15(19)12-14(3)18(16)21-17(20-6-2)10-8-7-9-11-17/h7-10,14H,5-6,11-13H2,1-4H3. The first kappa shape index (κ1) is 16.4. The highest BCUT2D eigenvalue weighted by molar-refractivity contribution is 5.81. The molecule has 3 atom stereocenters. The summed E-state index contributed by atoms with van der Waals surface area (Å²) in [5.41, 5.74) is -0.270. The molecule has 2 rings (SSSR count). The molecule has 1 fully saturated rings. The summed E-state index contributed by atoms with van der Waals surface area (Å²) in [5, 5.41) is 2.01. The van der Waals surface area contributed by atoms with Gasteiger partial charge in [0.2, 0.25) is 5.79 Å². The van der Waals surface area contributed by atoms with Gasteiger partial charge in [0.05, 0.1) is 5.54 Å². The Hall–Kier alpha value is -0.970. The first-order valence-corrected chi connectivity index (χ1v) is 7.93. The lowest BCUT2D eigenvalue weighted by Crippen LogP contribution is -2.59. The van der Waals surface area contributed by atoms with E-state index in [4.69, 9.17) is 9.57 Å². The van der Waals surface area contributed by atoms with E-state index < -0.39 is 5.79 Å². The summed E-state index contributed by atoms with van der Waals surface area (Å²) in [7, 11) is 0. The minimum Gasteiger partial charge on any atom is -0.345 e. The molecule has 1 heterocycles. The number of hydroxylamine groups is 2. The van der Waals surface area contributed by atoms with E-state index in [2.05, 4.69) is 19.9 Å². The molecule has 0 spiro atoms. The van der Waals surface area contributed by atoms with Crippen LogP contribution in [0.4, 0.5) is 0 Å². The maximum atomic E-state index is 12.0. The number of hydrogen-bond acceptors (Lipinski definition) is 4. The van der Waals surface area contributed by atoms with Gasteiger partial charge in [0.15, 0.2) is 0 Å². The number of carbonyl (C=O) groups is 1. The number of carbonyl (C=O) groups excluding carboxylic acids is 1. The molecule has 0 amide bonds. The van der Waals surface area contributed by atoms with Gasteiger partial charge in [-0.3, -0.25) is 9.63 Å². The van der Waals surface area contributed by atoms with Crippen molar-refractivity contribution in [2.24, 2.45) is 0 Å². The fourth-order valence-corrected chi connectivity index (χ4v) is 3.19. The molecule has 0 aromatic rings. The Balaban J connectivity index is 2.23. The van der Waals surface area contributed by atoms with E-state index in [-0.39, 0.29) is 11.6 Å². The monoisotopic (exact) mass is 293 g/mol. The molecule has 1 aliphatic carbocycles. The van der Waals surface area contributed by atoms with Gasteiger partial charge in [0.25, 0.3) is 0 Å². The zero-order chi connectivity index (χ0) is 15.5. The molecule has 1 aliphatic heterocycles. The average molecular weight is 293 g/mol. The van der Waals surface area contributed by atoms with Crippen LogP contribution >= 0.6 is 0 Å². The third-order valence-electron chi connectivity index (χ3n) is 4.44. The summed E-state index contributed by atoms with van der Waals surface area (Å²) in [4.78, 5) is 18.3. The Labute approximate surface area is 127 Å². The largest absolute Gasteiger partial charge is 0.345 e. The van der Waals surface area contributed by atoms with Gasteiger partial charge in [-0.25, -0.2) is 0 Å². The number of piperidine rings is 1. The Morgan fingerprint density at radius 2 is 2.14 bits per heavy atom. The number of hydrogen-bond donors (Lipinski definition) is 0. The third kappa shape index (κ3) is 3.44. The van der Waals surface area contributed by atoms with Gasteiger partial charge in [-0.15, -0.1) is 0 Å². The lowest BCUT2D eigenvalue weighted by molar-refractivity contribution is -0.365. The minimum absolute atomic E-state index is 0.0628. The van der Waals surface area contributed by atoms with Crippen LogP contribution < -0.4 is 0 Å². The van der Waals surface area contributed by atoms with Crippen molar-refractivity contribution < 1.29 is 14.4 Å². The number of allylic oxidation sites excluding steroid dienone is 2. The predicted molar refractivity (Wildman–Crippen MR) is 82.6 cm³/mol. The molecule has 0 radical (unpaired) electrons. The molecule has 3 unspecified atom stereocenters. The zero-order valence-corrected chi connectivity index (χ0v) is 13.6. The van der Waals surface area contributed by atoms with Crippen molar-refractivity contribution in [3.63, 3.8) is 0 Å². The predicted octanol–water partition coefficient (Wildman–Crippen LogP) is 3.39. The summed E-state index contributed by atoms with van der Waals surface area (Å²) in [6, 6.07) is 0.0628. The van der Waals surface area contributed by atoms with Gasteiger partial charge in [-0.2, -0.15) is 5.06 Å². The van der Waals surface area contributed by atoms with E-state index in [1.165, 1.54) is 0 Å². The second-order valence-corrected chi connectivity index (χ2v) is 6.27. The van der Waals surface area contributed by atoms with E-state index >= 15 is 0 Å². The first-order valence-electron chi connectivity index (χ1n) is 7.93. The molecule has 0 N–H and O–H groups in total. The molecule has 21 heavy (non-hydrogen) atoms. The van der Waals surface area contributed by atoms with E-state index in [9.17, 15) is 4.79 Å². The second-order valence-electron chi connectivity index (χ2n) is 6.27. The number of rotatable bonds is 5. The van der Waals surface area contributed by atoms with Crippen LogP contribution in [0.1, 0.15) is 53.4 Å². The number of ether oxygens (including phenoxy) is 1. The minimum atomic E-state index is -0.741. The molecule has 118 valence electrons. The molecule has 2 aliphatic rings. The second kappa shape index (κ2) is 6.42. The first-order chi connectivity index (χ1) is 9.95. The third-order valence-corrected chi connectivity index (χ3v) is 4.44. The highest BCUT2D eigenvalue weighted by Crippen LogP contribution is 2.37. The number of nitrogens with zero attached hydrogens (tertiary/aromatic N) is 1. The highest BCUT2D eigenvalue weighted by Gasteiger charge is 2.45. The summed E-state index contributed by atoms with van der Waals surface area (Å²) in [6.45, 7) is 8.81. The smallest absolute Gasteiger partial charge is 0.210 e. The van der Waals surface area contributed by atoms with Crippen LogP contribution in [0.25, 0.3) is 0 Å². The lowest BCUT2D eigenvalue weighted by atomic mass is 9.84. The fourth-order valence-electron chi connectivity index (χ4n) is 3.19. The fraction of sp³-hybridized carbons (Fsp3) is 0.706. The molecule has 0 aromatic heterocycles. The van der Waals surface area contributed by atoms with Gasteiger partial charge in [0.1, 0.15) is 5.78 Å². The molecule has 4 heteroatoms. The van der Waals surface area contributed by atoms with Gasteiger partial charge in [0, 0.05) is 31.9 Å². The molecule has 4 nitrogen and oxygen atoms in total. The van der Waals surface area contributed by atoms with E-state index in [0.717, 1.165) is 6.42 Å². The summed E-state index contributed by atoms with van der Waals surface area (Å²) >= 11 is 0. The van der Waals surface area contributed by atoms with Crippen LogP contribution in [0.5, 0.6) is 0 Å². The molecule has 0 saturated carbocycles. The van der Waals surface area contributed by atoms with E-state index in [1.807, 2.05) is 37.1 Å². The maximum absolute atomic E-state index is 12.0. The number of ketones is 1. The molecular weight excluding hydrogens is 266 g/mol. The van der Waals surface area contributed by atoms with Gasteiger partial charge in [-0.05, 0) is 33.3 Å². The maximum Gasteiger partial charge on any atom is 0.210 e. The van der Waals surface area contributed by atoms with Crippen molar-refractivity contribution in [3.05, 3.63) is 24.3 Å². The van der Waals surface area contributed by atoms with Crippen molar-refractivity contribution in [3.8, 4) is 0 Å². The van der Waals surface area contributed by atoms with Gasteiger partial charge < -0.3 is 4.74 Å². The zero-order valence-electron chi connectivity index (χ0n) is 13.6. The Morgan fingerprint density at radius 1 is 1.38 bits per heavy atom. The topological polar surface area (TPSA) is 38.8 Å². The molecule has 1 saturated heterocycles. The molecule has 0 aromatic carbocycles. The lowest BCUT2D eigenvalue weighted by Gasteiger charge is -2.49. The summed E-state index contributed by atoms with van der Waals surface area (Å²) in [5.74, 6) is -0.426. The van der Waals surface area contributed by atoms with E-state index in [0.29, 0.717) is 31.7 Å². The Morgan fingerprint density at radius 3 is 2.71 bits per heavy atom. The van der Waals surface area contributed by atoms with Crippen molar-refractivity contribution in [1.82, 2.24) is 5.06 Å². The summed E-state index contributed by atoms with van der Waals surface area (Å²) < 4.78 is 5.90. The van der Waals surface area contributed by atoms with Crippen LogP contribution in [0.3, 0.4) is 0 Å². The average Bonchev–Trinajstić information content (AvgIpc) is 2.44.